The maximum Gasteiger partial charge on any atom is 0.407 e. The molecule has 0 saturated heterocycles. The van der Waals surface area contributed by atoms with Crippen LogP contribution in [0.1, 0.15) is 24.1 Å². The Bertz CT molecular complexity index is 354. The highest BCUT2D eigenvalue weighted by atomic mass is 35.5. The number of nitrogens with two attached hydrogens (primary N) is 1. The first-order valence-corrected chi connectivity index (χ1v) is 4.51. The van der Waals surface area contributed by atoms with Crippen molar-refractivity contribution in [3.05, 3.63) is 29.3 Å². The monoisotopic (exact) mass is 255 g/mol. The summed E-state index contributed by atoms with van der Waals surface area (Å²) in [6.45, 7) is 1.75. The summed E-state index contributed by atoms with van der Waals surface area (Å²) in [5, 5.41) is 9.54. The second kappa shape index (κ2) is 5.41. The minimum absolute atomic E-state index is 0. The van der Waals surface area contributed by atoms with Gasteiger partial charge in [-0.2, -0.15) is 13.2 Å². The molecule has 1 atom stereocenters. The van der Waals surface area contributed by atoms with E-state index >= 15 is 0 Å². The molecule has 0 aromatic heterocycles. The van der Waals surface area contributed by atoms with Gasteiger partial charge in [0.05, 0.1) is 0 Å². The average Bonchev–Trinajstić information content (AvgIpc) is 2.16. The molecular formula is C10H13ClF3NO. The van der Waals surface area contributed by atoms with E-state index in [0.717, 1.165) is 0 Å². The number of para-hydroxylation sites is 1. The quantitative estimate of drug-likeness (QED) is 0.854. The SMILES string of the molecule is CCc1cccc([C@@H](N)C(F)(F)F)c1O.Cl. The zero-order chi connectivity index (χ0) is 11.6. The normalized spacial score (nSPS) is 13.1. The number of benzene rings is 1. The molecule has 3 N–H and O–H groups in total. The molecule has 1 aromatic rings. The first-order chi connectivity index (χ1) is 6.88. The molecule has 1 rings (SSSR count). The molecule has 0 aliphatic heterocycles. The lowest BCUT2D eigenvalue weighted by atomic mass is 10.0. The van der Waals surface area contributed by atoms with Crippen molar-refractivity contribution in [2.45, 2.75) is 25.6 Å². The van der Waals surface area contributed by atoms with Gasteiger partial charge in [-0.15, -0.1) is 12.4 Å². The van der Waals surface area contributed by atoms with Crippen molar-refractivity contribution in [2.24, 2.45) is 5.73 Å². The van der Waals surface area contributed by atoms with Gasteiger partial charge >= 0.3 is 6.18 Å². The zero-order valence-corrected chi connectivity index (χ0v) is 9.40. The Hall–Kier alpha value is -0.940. The summed E-state index contributed by atoms with van der Waals surface area (Å²) in [4.78, 5) is 0. The van der Waals surface area contributed by atoms with Crippen molar-refractivity contribution >= 4 is 12.4 Å². The first-order valence-electron chi connectivity index (χ1n) is 4.51. The highest BCUT2D eigenvalue weighted by Gasteiger charge is 2.39. The fraction of sp³-hybridized carbons (Fsp3) is 0.400. The number of aryl methyl sites for hydroxylation is 1. The molecule has 1 aromatic carbocycles. The van der Waals surface area contributed by atoms with Crippen LogP contribution in [0.4, 0.5) is 13.2 Å². The summed E-state index contributed by atoms with van der Waals surface area (Å²) in [6, 6.07) is 2.08. The van der Waals surface area contributed by atoms with Gasteiger partial charge < -0.3 is 10.8 Å². The van der Waals surface area contributed by atoms with Crippen LogP contribution in [0, 0.1) is 0 Å². The van der Waals surface area contributed by atoms with Crippen LogP contribution in [0.15, 0.2) is 18.2 Å². The summed E-state index contributed by atoms with van der Waals surface area (Å²) >= 11 is 0. The molecule has 0 amide bonds. The van der Waals surface area contributed by atoms with Crippen molar-refractivity contribution in [3.8, 4) is 5.75 Å². The van der Waals surface area contributed by atoms with Gasteiger partial charge in [0.2, 0.25) is 0 Å². The van der Waals surface area contributed by atoms with E-state index in [2.05, 4.69) is 0 Å². The van der Waals surface area contributed by atoms with Crippen LogP contribution in [0.25, 0.3) is 0 Å². The Kier molecular flexibility index (Phi) is 5.09. The number of phenols is 1. The molecule has 0 aliphatic rings. The fourth-order valence-electron chi connectivity index (χ4n) is 1.32. The van der Waals surface area contributed by atoms with Gasteiger partial charge in [-0.1, -0.05) is 25.1 Å². The van der Waals surface area contributed by atoms with Crippen molar-refractivity contribution in [2.75, 3.05) is 0 Å². The van der Waals surface area contributed by atoms with Gasteiger partial charge in [-0.25, -0.2) is 0 Å². The lowest BCUT2D eigenvalue weighted by molar-refractivity contribution is -0.149. The highest BCUT2D eigenvalue weighted by Crippen LogP contribution is 2.36. The highest BCUT2D eigenvalue weighted by molar-refractivity contribution is 5.85. The molecule has 0 fully saturated rings. The van der Waals surface area contributed by atoms with Crippen LogP contribution in [0.3, 0.4) is 0 Å². The third-order valence-electron chi connectivity index (χ3n) is 2.22. The molecular weight excluding hydrogens is 243 g/mol. The van der Waals surface area contributed by atoms with E-state index in [1.54, 1.807) is 13.0 Å². The summed E-state index contributed by atoms with van der Waals surface area (Å²) in [5.41, 5.74) is 5.20. The molecule has 16 heavy (non-hydrogen) atoms. The number of alkyl halides is 3. The molecule has 0 unspecified atom stereocenters. The minimum atomic E-state index is -4.54. The Morgan fingerprint density at radius 1 is 1.38 bits per heavy atom. The molecule has 0 radical (unpaired) electrons. The summed E-state index contributed by atoms with van der Waals surface area (Å²) in [7, 11) is 0. The maximum absolute atomic E-state index is 12.3. The Morgan fingerprint density at radius 2 is 1.94 bits per heavy atom. The fourth-order valence-corrected chi connectivity index (χ4v) is 1.32. The van der Waals surface area contributed by atoms with E-state index in [9.17, 15) is 18.3 Å². The van der Waals surface area contributed by atoms with E-state index in [0.29, 0.717) is 12.0 Å². The average molecular weight is 256 g/mol. The Labute approximate surface area is 97.7 Å². The second-order valence-electron chi connectivity index (χ2n) is 3.23. The topological polar surface area (TPSA) is 46.2 Å². The van der Waals surface area contributed by atoms with Gasteiger partial charge in [0, 0.05) is 5.56 Å². The Morgan fingerprint density at radius 3 is 2.38 bits per heavy atom. The number of phenolic OH excluding ortho intramolecular Hbond substituents is 1. The second-order valence-corrected chi connectivity index (χ2v) is 3.23. The van der Waals surface area contributed by atoms with Crippen molar-refractivity contribution in [1.82, 2.24) is 0 Å². The number of hydrogen-bond acceptors (Lipinski definition) is 2. The molecule has 92 valence electrons. The molecule has 0 bridgehead atoms. The molecule has 2 nitrogen and oxygen atoms in total. The minimum Gasteiger partial charge on any atom is -0.507 e. The molecule has 0 aliphatic carbocycles. The maximum atomic E-state index is 12.3. The van der Waals surface area contributed by atoms with Gasteiger partial charge in [-0.3, -0.25) is 0 Å². The van der Waals surface area contributed by atoms with E-state index in [1.807, 2.05) is 0 Å². The molecule has 0 saturated carbocycles. The van der Waals surface area contributed by atoms with Gasteiger partial charge in [0.15, 0.2) is 0 Å². The molecule has 6 heteroatoms. The van der Waals surface area contributed by atoms with Gasteiger partial charge in [-0.05, 0) is 12.0 Å². The first kappa shape index (κ1) is 15.1. The van der Waals surface area contributed by atoms with Crippen LogP contribution in [0.5, 0.6) is 5.75 Å². The lowest BCUT2D eigenvalue weighted by Gasteiger charge is -2.18. The van der Waals surface area contributed by atoms with Crippen molar-refractivity contribution in [3.63, 3.8) is 0 Å². The number of aromatic hydroxyl groups is 1. The van der Waals surface area contributed by atoms with Crippen LogP contribution in [-0.2, 0) is 6.42 Å². The summed E-state index contributed by atoms with van der Waals surface area (Å²) in [6.07, 6.45) is -4.08. The number of hydrogen-bond donors (Lipinski definition) is 2. The zero-order valence-electron chi connectivity index (χ0n) is 8.58. The van der Waals surface area contributed by atoms with Crippen molar-refractivity contribution in [1.29, 1.82) is 0 Å². The largest absolute Gasteiger partial charge is 0.507 e. The third-order valence-corrected chi connectivity index (χ3v) is 2.22. The number of rotatable bonds is 2. The van der Waals surface area contributed by atoms with E-state index in [1.165, 1.54) is 12.1 Å². The molecule has 0 spiro atoms. The van der Waals surface area contributed by atoms with Crippen LogP contribution < -0.4 is 5.73 Å². The van der Waals surface area contributed by atoms with Crippen LogP contribution in [-0.4, -0.2) is 11.3 Å². The van der Waals surface area contributed by atoms with E-state index in [4.69, 9.17) is 5.73 Å². The molecule has 0 heterocycles. The number of halogens is 4. The Balaban J connectivity index is 0.00000225. The van der Waals surface area contributed by atoms with Crippen LogP contribution in [0.2, 0.25) is 0 Å². The summed E-state index contributed by atoms with van der Waals surface area (Å²) < 4.78 is 36.9. The summed E-state index contributed by atoms with van der Waals surface area (Å²) in [5.74, 6) is -0.357. The standard InChI is InChI=1S/C10H12F3NO.ClH/c1-2-6-4-3-5-7(8(6)15)9(14)10(11,12)13;/h3-5,9,15H,2,14H2,1H3;1H/t9-;/m1./s1. The van der Waals surface area contributed by atoms with Gasteiger partial charge in [0.25, 0.3) is 0 Å². The lowest BCUT2D eigenvalue weighted by Crippen LogP contribution is -2.28. The van der Waals surface area contributed by atoms with E-state index < -0.39 is 12.2 Å². The predicted molar refractivity (Wildman–Crippen MR) is 57.7 cm³/mol. The third kappa shape index (κ3) is 3.02. The van der Waals surface area contributed by atoms with Crippen molar-refractivity contribution < 1.29 is 18.3 Å². The van der Waals surface area contributed by atoms with Gasteiger partial charge in [0.1, 0.15) is 11.8 Å². The van der Waals surface area contributed by atoms with E-state index in [-0.39, 0.29) is 23.7 Å². The smallest absolute Gasteiger partial charge is 0.407 e. The predicted octanol–water partition coefficient (Wildman–Crippen LogP) is 2.94. The van der Waals surface area contributed by atoms with Crippen LogP contribution >= 0.6 is 12.4 Å².